The number of nitrogens with one attached hydrogen (secondary N) is 2. The fraction of sp³-hybridized carbons (Fsp3) is 0.357. The average Bonchev–Trinajstić information content (AvgIpc) is 3.04. The van der Waals surface area contributed by atoms with E-state index in [0.717, 1.165) is 24.1 Å². The predicted molar refractivity (Wildman–Crippen MR) is 75.4 cm³/mol. The van der Waals surface area contributed by atoms with Gasteiger partial charge in [0.1, 0.15) is 17.6 Å². The number of carbonyl (C=O) groups is 1. The molecule has 104 valence electrons. The van der Waals surface area contributed by atoms with Crippen molar-refractivity contribution in [1.29, 1.82) is 5.26 Å². The van der Waals surface area contributed by atoms with Crippen LogP contribution in [0, 0.1) is 11.3 Å². The van der Waals surface area contributed by atoms with Crippen molar-refractivity contribution >= 4 is 11.7 Å². The van der Waals surface area contributed by atoms with Gasteiger partial charge < -0.3 is 10.3 Å². The Morgan fingerprint density at radius 2 is 2.25 bits per heavy atom. The lowest BCUT2D eigenvalue weighted by Gasteiger charge is -2.06. The topological polar surface area (TPSA) is 86.5 Å². The van der Waals surface area contributed by atoms with E-state index in [1.807, 2.05) is 27.0 Å². The molecule has 6 nitrogen and oxygen atoms in total. The molecule has 0 aliphatic carbocycles. The smallest absolute Gasteiger partial charge is 0.273 e. The van der Waals surface area contributed by atoms with E-state index in [1.54, 1.807) is 4.68 Å². The van der Waals surface area contributed by atoms with Crippen LogP contribution in [0.2, 0.25) is 0 Å². The van der Waals surface area contributed by atoms with Crippen LogP contribution in [0.15, 0.2) is 12.3 Å². The molecule has 1 amide bonds. The number of aryl methyl sites for hydroxylation is 2. The first kappa shape index (κ1) is 13.9. The van der Waals surface area contributed by atoms with Crippen molar-refractivity contribution in [3.63, 3.8) is 0 Å². The first-order valence-electron chi connectivity index (χ1n) is 6.55. The molecule has 0 saturated carbocycles. The summed E-state index contributed by atoms with van der Waals surface area (Å²) in [6.07, 6.45) is 3.14. The molecule has 0 bridgehead atoms. The molecule has 2 heterocycles. The van der Waals surface area contributed by atoms with Gasteiger partial charge in [0.25, 0.3) is 5.91 Å². The Bertz CT molecular complexity index is 674. The summed E-state index contributed by atoms with van der Waals surface area (Å²) in [6, 6.07) is 3.51. The number of hydrogen-bond donors (Lipinski definition) is 2. The quantitative estimate of drug-likeness (QED) is 0.891. The summed E-state index contributed by atoms with van der Waals surface area (Å²) < 4.78 is 1.68. The van der Waals surface area contributed by atoms with Crippen molar-refractivity contribution in [2.24, 2.45) is 7.05 Å². The van der Waals surface area contributed by atoms with Crippen LogP contribution < -0.4 is 5.32 Å². The largest absolute Gasteiger partial charge is 0.356 e. The van der Waals surface area contributed by atoms with Crippen molar-refractivity contribution in [3.05, 3.63) is 34.8 Å². The van der Waals surface area contributed by atoms with Crippen molar-refractivity contribution in [2.45, 2.75) is 26.7 Å². The number of aromatic amines is 1. The Morgan fingerprint density at radius 3 is 2.80 bits per heavy atom. The molecule has 2 aromatic heterocycles. The first-order valence-corrected chi connectivity index (χ1v) is 6.55. The maximum atomic E-state index is 12.2. The molecule has 2 aromatic rings. The maximum absolute atomic E-state index is 12.2. The van der Waals surface area contributed by atoms with Gasteiger partial charge in [-0.2, -0.15) is 10.4 Å². The summed E-state index contributed by atoms with van der Waals surface area (Å²) in [5.41, 5.74) is 2.85. The summed E-state index contributed by atoms with van der Waals surface area (Å²) in [5, 5.41) is 16.0. The van der Waals surface area contributed by atoms with Gasteiger partial charge in [-0.1, -0.05) is 13.8 Å². The molecule has 0 aromatic carbocycles. The minimum absolute atomic E-state index is 0.271. The fourth-order valence-electron chi connectivity index (χ4n) is 2.20. The third-order valence-electron chi connectivity index (χ3n) is 3.21. The van der Waals surface area contributed by atoms with Gasteiger partial charge in [0.05, 0.1) is 11.3 Å². The molecule has 0 unspecified atom stereocenters. The van der Waals surface area contributed by atoms with Crippen LogP contribution in [-0.2, 0) is 19.9 Å². The van der Waals surface area contributed by atoms with E-state index in [9.17, 15) is 4.79 Å². The van der Waals surface area contributed by atoms with Crippen LogP contribution in [0.4, 0.5) is 5.82 Å². The van der Waals surface area contributed by atoms with E-state index in [4.69, 9.17) is 5.26 Å². The van der Waals surface area contributed by atoms with E-state index in [0.29, 0.717) is 17.1 Å². The van der Waals surface area contributed by atoms with Gasteiger partial charge in [-0.05, 0) is 18.9 Å². The summed E-state index contributed by atoms with van der Waals surface area (Å²) >= 11 is 0. The van der Waals surface area contributed by atoms with E-state index in [-0.39, 0.29) is 5.91 Å². The zero-order valence-electron chi connectivity index (χ0n) is 11.8. The normalized spacial score (nSPS) is 10.3. The van der Waals surface area contributed by atoms with Gasteiger partial charge in [-0.25, -0.2) is 0 Å². The molecular formula is C14H17N5O. The van der Waals surface area contributed by atoms with Crippen molar-refractivity contribution < 1.29 is 4.79 Å². The molecule has 0 aliphatic rings. The third kappa shape index (κ3) is 2.43. The Balaban J connectivity index is 2.28. The highest BCUT2D eigenvalue weighted by atomic mass is 16.2. The molecule has 2 rings (SSSR count). The minimum atomic E-state index is -0.271. The number of H-pyrrole nitrogens is 1. The van der Waals surface area contributed by atoms with Gasteiger partial charge in [-0.3, -0.25) is 9.48 Å². The minimum Gasteiger partial charge on any atom is -0.356 e. The molecule has 0 spiro atoms. The Labute approximate surface area is 117 Å². The van der Waals surface area contributed by atoms with E-state index >= 15 is 0 Å². The standard InChI is InChI=1S/C14H17N5O/c1-4-10-11(5-2)18-19(3)13(10)17-14(20)12-6-9(7-15)8-16-12/h6,8,16H,4-5H2,1-3H3,(H,17,20). The number of nitrogens with zero attached hydrogens (tertiary/aromatic N) is 3. The molecule has 0 atom stereocenters. The van der Waals surface area contributed by atoms with Crippen LogP contribution in [-0.4, -0.2) is 20.7 Å². The Morgan fingerprint density at radius 1 is 1.50 bits per heavy atom. The van der Waals surface area contributed by atoms with Crippen LogP contribution in [0.3, 0.4) is 0 Å². The van der Waals surface area contributed by atoms with Crippen molar-refractivity contribution in [1.82, 2.24) is 14.8 Å². The summed E-state index contributed by atoms with van der Waals surface area (Å²) in [7, 11) is 1.81. The summed E-state index contributed by atoms with van der Waals surface area (Å²) in [5.74, 6) is 0.439. The van der Waals surface area contributed by atoms with Crippen molar-refractivity contribution in [2.75, 3.05) is 5.32 Å². The maximum Gasteiger partial charge on any atom is 0.273 e. The third-order valence-corrected chi connectivity index (χ3v) is 3.21. The fourth-order valence-corrected chi connectivity index (χ4v) is 2.20. The molecular weight excluding hydrogens is 254 g/mol. The Hall–Kier alpha value is -2.55. The van der Waals surface area contributed by atoms with Gasteiger partial charge in [0.2, 0.25) is 0 Å². The molecule has 0 saturated heterocycles. The Kier molecular flexibility index (Phi) is 3.89. The second kappa shape index (κ2) is 5.61. The SMILES string of the molecule is CCc1nn(C)c(NC(=O)c2cc(C#N)c[nH]2)c1CC. The average molecular weight is 271 g/mol. The number of nitriles is 1. The van der Waals surface area contributed by atoms with Crippen LogP contribution >= 0.6 is 0 Å². The van der Waals surface area contributed by atoms with Gasteiger partial charge in [0, 0.05) is 18.8 Å². The van der Waals surface area contributed by atoms with Crippen LogP contribution in [0.5, 0.6) is 0 Å². The lowest BCUT2D eigenvalue weighted by molar-refractivity contribution is 0.102. The van der Waals surface area contributed by atoms with E-state index in [1.165, 1.54) is 12.3 Å². The zero-order chi connectivity index (χ0) is 14.7. The number of carbonyl (C=O) groups excluding carboxylic acids is 1. The molecule has 0 radical (unpaired) electrons. The molecule has 20 heavy (non-hydrogen) atoms. The first-order chi connectivity index (χ1) is 9.60. The van der Waals surface area contributed by atoms with Gasteiger partial charge in [-0.15, -0.1) is 0 Å². The van der Waals surface area contributed by atoms with Crippen LogP contribution in [0.25, 0.3) is 0 Å². The second-order valence-corrected chi connectivity index (χ2v) is 4.47. The molecule has 6 heteroatoms. The van der Waals surface area contributed by atoms with E-state index < -0.39 is 0 Å². The summed E-state index contributed by atoms with van der Waals surface area (Å²) in [6.45, 7) is 4.07. The number of aromatic nitrogens is 3. The highest BCUT2D eigenvalue weighted by Crippen LogP contribution is 2.21. The lowest BCUT2D eigenvalue weighted by Crippen LogP contribution is -2.16. The molecule has 2 N–H and O–H groups in total. The predicted octanol–water partition coefficient (Wildman–Crippen LogP) is 2.00. The molecule has 0 fully saturated rings. The van der Waals surface area contributed by atoms with E-state index in [2.05, 4.69) is 15.4 Å². The second-order valence-electron chi connectivity index (χ2n) is 4.47. The number of hydrogen-bond acceptors (Lipinski definition) is 3. The highest BCUT2D eigenvalue weighted by molar-refractivity contribution is 6.03. The lowest BCUT2D eigenvalue weighted by atomic mass is 10.1. The highest BCUT2D eigenvalue weighted by Gasteiger charge is 2.17. The van der Waals surface area contributed by atoms with Crippen molar-refractivity contribution in [3.8, 4) is 6.07 Å². The molecule has 0 aliphatic heterocycles. The zero-order valence-corrected chi connectivity index (χ0v) is 11.8. The van der Waals surface area contributed by atoms with Gasteiger partial charge >= 0.3 is 0 Å². The monoisotopic (exact) mass is 271 g/mol. The number of amides is 1. The number of anilines is 1. The number of rotatable bonds is 4. The van der Waals surface area contributed by atoms with Gasteiger partial charge in [0.15, 0.2) is 0 Å². The van der Waals surface area contributed by atoms with Crippen LogP contribution in [0.1, 0.15) is 41.2 Å². The summed E-state index contributed by atoms with van der Waals surface area (Å²) in [4.78, 5) is 15.0.